The minimum absolute atomic E-state index is 0.0527. The summed E-state index contributed by atoms with van der Waals surface area (Å²) in [6, 6.07) is 6.86. The maximum atomic E-state index is 13.8. The molecule has 0 spiro atoms. The lowest BCUT2D eigenvalue weighted by Crippen LogP contribution is -2.54. The fourth-order valence-electron chi connectivity index (χ4n) is 5.00. The predicted octanol–water partition coefficient (Wildman–Crippen LogP) is 1.12. The van der Waals surface area contributed by atoms with Gasteiger partial charge in [0.25, 0.3) is 0 Å². The molecule has 14 heteroatoms. The van der Waals surface area contributed by atoms with Gasteiger partial charge >= 0.3 is 0 Å². The fraction of sp³-hybridized carbons (Fsp3) is 0.581. The van der Waals surface area contributed by atoms with Gasteiger partial charge in [0.15, 0.2) is 5.82 Å². The molecule has 0 bridgehead atoms. The lowest BCUT2D eigenvalue weighted by atomic mass is 10.0. The van der Waals surface area contributed by atoms with Crippen LogP contribution in [0.25, 0.3) is 0 Å². The van der Waals surface area contributed by atoms with E-state index in [1.807, 2.05) is 50.4 Å². The standard InChI is InChI=1S/C31H46N8O5S/c1-20(2)28-29-34-22(4)37-39(29)19-26(41)32-14-16-38(27(42)13-17-45-5)15-9-12-25(40)33-21(3)30(43)35-24(31(44)36-28)18-23-10-7-6-8-11-23/h6-8,10-11,20-21,24,28H,9,12-19H2,1-5H3,(H,32,41)(H,33,40)(H,35,43)(H,36,44)/t21-,24+,28-/m0/s1. The number of carbonyl (C=O) groups excluding carboxylic acids is 5. The molecule has 1 aromatic heterocycles. The van der Waals surface area contributed by atoms with Crippen LogP contribution in [0, 0.1) is 12.8 Å². The average molecular weight is 643 g/mol. The third-order valence-corrected chi connectivity index (χ3v) is 8.05. The summed E-state index contributed by atoms with van der Waals surface area (Å²) in [5.74, 6) is -0.241. The fourth-order valence-corrected chi connectivity index (χ4v) is 5.38. The summed E-state index contributed by atoms with van der Waals surface area (Å²) in [6.07, 6.45) is 2.99. The number of nitrogens with one attached hydrogen (secondary N) is 4. The van der Waals surface area contributed by atoms with Crippen molar-refractivity contribution in [3.63, 3.8) is 0 Å². The Balaban J connectivity index is 1.91. The number of nitrogens with zero attached hydrogens (tertiary/aromatic N) is 4. The van der Waals surface area contributed by atoms with Crippen LogP contribution in [0.5, 0.6) is 0 Å². The first-order chi connectivity index (χ1) is 21.5. The van der Waals surface area contributed by atoms with Gasteiger partial charge in [-0.2, -0.15) is 16.9 Å². The molecule has 0 saturated heterocycles. The van der Waals surface area contributed by atoms with E-state index < -0.39 is 29.9 Å². The number of thioether (sulfide) groups is 1. The molecule has 246 valence electrons. The Labute approximate surface area is 269 Å². The first-order valence-electron chi connectivity index (χ1n) is 15.4. The highest BCUT2D eigenvalue weighted by Crippen LogP contribution is 2.21. The molecule has 0 saturated carbocycles. The van der Waals surface area contributed by atoms with E-state index >= 15 is 0 Å². The molecule has 4 N–H and O–H groups in total. The van der Waals surface area contributed by atoms with E-state index in [-0.39, 0.29) is 56.1 Å². The molecule has 3 rings (SSSR count). The highest BCUT2D eigenvalue weighted by atomic mass is 32.2. The van der Waals surface area contributed by atoms with E-state index in [0.717, 1.165) is 5.56 Å². The number of carbonyl (C=O) groups is 5. The summed E-state index contributed by atoms with van der Waals surface area (Å²) in [5.41, 5.74) is 0.845. The number of fused-ring (bicyclic) bond motifs is 1. The number of hydrogen-bond donors (Lipinski definition) is 4. The van der Waals surface area contributed by atoms with Gasteiger partial charge in [0.1, 0.15) is 24.5 Å². The van der Waals surface area contributed by atoms with Crippen LogP contribution in [0.15, 0.2) is 30.3 Å². The van der Waals surface area contributed by atoms with E-state index in [9.17, 15) is 24.0 Å². The molecule has 1 aliphatic heterocycles. The summed E-state index contributed by atoms with van der Waals surface area (Å²) in [7, 11) is 0. The molecule has 0 unspecified atom stereocenters. The van der Waals surface area contributed by atoms with Crippen molar-refractivity contribution in [2.45, 2.75) is 78.0 Å². The number of benzene rings is 1. The molecule has 5 amide bonds. The molecular weight excluding hydrogens is 596 g/mol. The number of rotatable bonds is 6. The van der Waals surface area contributed by atoms with Crippen molar-refractivity contribution in [1.82, 2.24) is 40.9 Å². The summed E-state index contributed by atoms with van der Waals surface area (Å²) in [4.78, 5) is 71.8. The van der Waals surface area contributed by atoms with Crippen molar-refractivity contribution < 1.29 is 24.0 Å². The molecule has 0 fully saturated rings. The van der Waals surface area contributed by atoms with E-state index in [4.69, 9.17) is 0 Å². The van der Waals surface area contributed by atoms with Crippen molar-refractivity contribution in [2.24, 2.45) is 5.92 Å². The molecule has 2 aromatic rings. The Hall–Kier alpha value is -3.94. The van der Waals surface area contributed by atoms with Gasteiger partial charge in [0, 0.05) is 44.6 Å². The zero-order chi connectivity index (χ0) is 32.9. The van der Waals surface area contributed by atoms with Crippen molar-refractivity contribution in [3.8, 4) is 0 Å². The number of amides is 5. The molecule has 13 nitrogen and oxygen atoms in total. The largest absolute Gasteiger partial charge is 0.353 e. The third-order valence-electron chi connectivity index (χ3n) is 7.44. The Morgan fingerprint density at radius 3 is 2.44 bits per heavy atom. The van der Waals surface area contributed by atoms with E-state index in [1.165, 1.54) is 4.68 Å². The number of aryl methyl sites for hydroxylation is 1. The molecule has 2 heterocycles. The minimum Gasteiger partial charge on any atom is -0.353 e. The van der Waals surface area contributed by atoms with Crippen LogP contribution in [0.4, 0.5) is 0 Å². The average Bonchev–Trinajstić information content (AvgIpc) is 3.35. The van der Waals surface area contributed by atoms with Gasteiger partial charge in [0.05, 0.1) is 6.04 Å². The highest BCUT2D eigenvalue weighted by molar-refractivity contribution is 7.98. The Kier molecular flexibility index (Phi) is 13.8. The van der Waals surface area contributed by atoms with E-state index in [1.54, 1.807) is 30.5 Å². The van der Waals surface area contributed by atoms with Crippen LogP contribution in [0.3, 0.4) is 0 Å². The summed E-state index contributed by atoms with van der Waals surface area (Å²) in [6.45, 7) is 7.84. The molecule has 1 aromatic carbocycles. The van der Waals surface area contributed by atoms with E-state index in [2.05, 4.69) is 31.3 Å². The summed E-state index contributed by atoms with van der Waals surface area (Å²) >= 11 is 1.57. The van der Waals surface area contributed by atoms with Gasteiger partial charge in [-0.25, -0.2) is 9.67 Å². The highest BCUT2D eigenvalue weighted by Gasteiger charge is 2.31. The molecule has 0 radical (unpaired) electrons. The lowest BCUT2D eigenvalue weighted by molar-refractivity contribution is -0.133. The normalized spacial score (nSPS) is 21.3. The second-order valence-corrected chi connectivity index (χ2v) is 12.5. The van der Waals surface area contributed by atoms with Gasteiger partial charge in [0.2, 0.25) is 29.5 Å². The van der Waals surface area contributed by atoms with Gasteiger partial charge in [-0.3, -0.25) is 24.0 Å². The van der Waals surface area contributed by atoms with Crippen molar-refractivity contribution in [3.05, 3.63) is 47.5 Å². The van der Waals surface area contributed by atoms with Crippen LogP contribution in [-0.4, -0.2) is 92.9 Å². The van der Waals surface area contributed by atoms with Crippen LogP contribution < -0.4 is 21.3 Å². The second kappa shape index (κ2) is 17.5. The Morgan fingerprint density at radius 1 is 1.02 bits per heavy atom. The lowest BCUT2D eigenvalue weighted by Gasteiger charge is -2.27. The van der Waals surface area contributed by atoms with Gasteiger partial charge < -0.3 is 26.2 Å². The van der Waals surface area contributed by atoms with Crippen molar-refractivity contribution in [2.75, 3.05) is 31.6 Å². The third kappa shape index (κ3) is 11.2. The zero-order valence-corrected chi connectivity index (χ0v) is 27.6. The van der Waals surface area contributed by atoms with Gasteiger partial charge in [-0.05, 0) is 38.0 Å². The van der Waals surface area contributed by atoms with Crippen LogP contribution >= 0.6 is 11.8 Å². The Morgan fingerprint density at radius 2 is 1.76 bits per heavy atom. The SMILES string of the molecule is CSCCC(=O)N1CCCC(=O)N[C@@H](C)C(=O)N[C@H](Cc2ccccc2)C(=O)N[C@@H](C(C)C)c2nc(C)nn2CC(=O)NCC1. The molecule has 45 heavy (non-hydrogen) atoms. The van der Waals surface area contributed by atoms with Crippen molar-refractivity contribution in [1.29, 1.82) is 0 Å². The number of hydrogen-bond acceptors (Lipinski definition) is 8. The second-order valence-electron chi connectivity index (χ2n) is 11.5. The minimum atomic E-state index is -0.951. The first-order valence-corrected chi connectivity index (χ1v) is 16.8. The van der Waals surface area contributed by atoms with Crippen LogP contribution in [0.1, 0.15) is 63.3 Å². The Bertz CT molecular complexity index is 1320. The zero-order valence-electron chi connectivity index (χ0n) is 26.8. The predicted molar refractivity (Wildman–Crippen MR) is 172 cm³/mol. The summed E-state index contributed by atoms with van der Waals surface area (Å²) < 4.78 is 1.48. The first kappa shape index (κ1) is 35.5. The quantitative estimate of drug-likeness (QED) is 0.364. The summed E-state index contributed by atoms with van der Waals surface area (Å²) in [5, 5.41) is 15.8. The maximum Gasteiger partial charge on any atom is 0.243 e. The molecule has 1 aliphatic rings. The van der Waals surface area contributed by atoms with Crippen LogP contribution in [0.2, 0.25) is 0 Å². The van der Waals surface area contributed by atoms with Crippen LogP contribution in [-0.2, 0) is 36.9 Å². The monoisotopic (exact) mass is 642 g/mol. The van der Waals surface area contributed by atoms with Gasteiger partial charge in [-0.15, -0.1) is 0 Å². The number of aromatic nitrogens is 3. The van der Waals surface area contributed by atoms with E-state index in [0.29, 0.717) is 36.8 Å². The molecule has 0 aliphatic carbocycles. The topological polar surface area (TPSA) is 167 Å². The maximum absolute atomic E-state index is 13.8. The van der Waals surface area contributed by atoms with Gasteiger partial charge in [-0.1, -0.05) is 44.2 Å². The molecule has 3 atom stereocenters. The van der Waals surface area contributed by atoms with Crippen molar-refractivity contribution >= 4 is 41.3 Å². The molecular formula is C31H46N8O5S. The smallest absolute Gasteiger partial charge is 0.243 e.